The Balaban J connectivity index is 1.34. The van der Waals surface area contributed by atoms with Crippen molar-refractivity contribution in [1.29, 1.82) is 0 Å². The predicted molar refractivity (Wildman–Crippen MR) is 139 cm³/mol. The van der Waals surface area contributed by atoms with Gasteiger partial charge in [0, 0.05) is 5.56 Å². The Morgan fingerprint density at radius 3 is 2.00 bits per heavy atom. The van der Waals surface area contributed by atoms with Gasteiger partial charge in [-0.25, -0.2) is 4.39 Å². The highest BCUT2D eigenvalue weighted by Crippen LogP contribution is 2.33. The summed E-state index contributed by atoms with van der Waals surface area (Å²) in [5, 5.41) is 0. The summed E-state index contributed by atoms with van der Waals surface area (Å²) < 4.78 is 40.0. The summed E-state index contributed by atoms with van der Waals surface area (Å²) in [6.45, 7) is 6.62. The number of ether oxygens (including phenoxy) is 2. The molecule has 0 heterocycles. The summed E-state index contributed by atoms with van der Waals surface area (Å²) in [5.41, 5.74) is 2.89. The van der Waals surface area contributed by atoms with Crippen LogP contribution in [0.4, 0.5) is 8.78 Å². The van der Waals surface area contributed by atoms with E-state index in [2.05, 4.69) is 6.58 Å². The number of hydrogen-bond acceptors (Lipinski definition) is 2. The van der Waals surface area contributed by atoms with Crippen molar-refractivity contribution in [1.82, 2.24) is 0 Å². The first-order valence-corrected chi connectivity index (χ1v) is 12.6. The molecule has 0 saturated heterocycles. The highest BCUT2D eigenvalue weighted by Gasteiger charge is 2.21. The molecule has 1 fully saturated rings. The van der Waals surface area contributed by atoms with Crippen LogP contribution in [-0.4, -0.2) is 13.2 Å². The molecule has 0 spiro atoms. The number of benzene rings is 3. The van der Waals surface area contributed by atoms with Crippen LogP contribution >= 0.6 is 0 Å². The van der Waals surface area contributed by atoms with Crippen molar-refractivity contribution in [2.24, 2.45) is 11.8 Å². The molecule has 4 rings (SSSR count). The molecule has 0 aliphatic heterocycles. The van der Waals surface area contributed by atoms with Crippen LogP contribution in [0.15, 0.2) is 73.3 Å². The second-order valence-corrected chi connectivity index (χ2v) is 9.34. The van der Waals surface area contributed by atoms with Crippen LogP contribution in [0.2, 0.25) is 0 Å². The fourth-order valence-electron chi connectivity index (χ4n) is 4.86. The van der Waals surface area contributed by atoms with Crippen LogP contribution in [0.25, 0.3) is 22.3 Å². The van der Waals surface area contributed by atoms with Crippen molar-refractivity contribution in [3.8, 4) is 33.8 Å². The monoisotopic (exact) mass is 476 g/mol. The van der Waals surface area contributed by atoms with E-state index >= 15 is 0 Å². The molecule has 0 aromatic heterocycles. The van der Waals surface area contributed by atoms with Crippen LogP contribution in [0.1, 0.15) is 45.4 Å². The van der Waals surface area contributed by atoms with Crippen LogP contribution < -0.4 is 9.47 Å². The third kappa shape index (κ3) is 6.30. The third-order valence-electron chi connectivity index (χ3n) is 6.96. The van der Waals surface area contributed by atoms with Gasteiger partial charge >= 0.3 is 0 Å². The Labute approximate surface area is 207 Å². The summed E-state index contributed by atoms with van der Waals surface area (Å²) >= 11 is 0. The van der Waals surface area contributed by atoms with E-state index in [0.717, 1.165) is 35.8 Å². The molecule has 0 radical (unpaired) electrons. The van der Waals surface area contributed by atoms with Gasteiger partial charge in [0.1, 0.15) is 5.75 Å². The maximum absolute atomic E-state index is 14.5. The standard InChI is InChI=1S/C31H34F2O2/c1-3-5-6-22-7-9-23(10-8-22)21-35-27-17-15-25(16-18-27)24-11-13-26(14-12-24)28-19-20-29(34-4-2)31(33)30(28)32/h3,11-20,22-23H,1,4-10,21H2,2H3. The molecule has 4 heteroatoms. The van der Waals surface area contributed by atoms with Crippen LogP contribution in [0, 0.1) is 23.5 Å². The molecular weight excluding hydrogens is 442 g/mol. The van der Waals surface area contributed by atoms with E-state index in [1.165, 1.54) is 38.2 Å². The van der Waals surface area contributed by atoms with Gasteiger partial charge in [0.2, 0.25) is 5.82 Å². The molecule has 35 heavy (non-hydrogen) atoms. The fourth-order valence-corrected chi connectivity index (χ4v) is 4.86. The van der Waals surface area contributed by atoms with Gasteiger partial charge in [-0.2, -0.15) is 4.39 Å². The topological polar surface area (TPSA) is 18.5 Å². The molecule has 0 unspecified atom stereocenters. The molecule has 2 nitrogen and oxygen atoms in total. The maximum atomic E-state index is 14.5. The Morgan fingerprint density at radius 1 is 0.771 bits per heavy atom. The van der Waals surface area contributed by atoms with Gasteiger partial charge in [-0.05, 0) is 85.4 Å². The summed E-state index contributed by atoms with van der Waals surface area (Å²) in [4.78, 5) is 0. The Morgan fingerprint density at radius 2 is 1.37 bits per heavy atom. The minimum atomic E-state index is -0.954. The second-order valence-electron chi connectivity index (χ2n) is 9.34. The second kappa shape index (κ2) is 12.0. The number of rotatable bonds is 10. The van der Waals surface area contributed by atoms with E-state index in [9.17, 15) is 8.78 Å². The lowest BCUT2D eigenvalue weighted by atomic mass is 9.80. The molecule has 184 valence electrons. The Bertz CT molecular complexity index is 1100. The average Bonchev–Trinajstić information content (AvgIpc) is 2.90. The lowest BCUT2D eigenvalue weighted by Crippen LogP contribution is -2.20. The SMILES string of the molecule is C=CCCC1CCC(COc2ccc(-c3ccc(-c4ccc(OCC)c(F)c4F)cc3)cc2)CC1. The third-order valence-corrected chi connectivity index (χ3v) is 6.96. The van der Waals surface area contributed by atoms with E-state index in [1.807, 2.05) is 54.6 Å². The first-order valence-electron chi connectivity index (χ1n) is 12.6. The van der Waals surface area contributed by atoms with Gasteiger partial charge < -0.3 is 9.47 Å². The van der Waals surface area contributed by atoms with Crippen molar-refractivity contribution in [2.75, 3.05) is 13.2 Å². The Kier molecular flexibility index (Phi) is 8.57. The number of halogens is 2. The lowest BCUT2D eigenvalue weighted by Gasteiger charge is -2.28. The molecule has 3 aromatic rings. The van der Waals surface area contributed by atoms with Gasteiger partial charge in [-0.15, -0.1) is 6.58 Å². The molecular formula is C31H34F2O2. The molecule has 0 N–H and O–H groups in total. The maximum Gasteiger partial charge on any atom is 0.201 e. The molecule has 1 aliphatic carbocycles. The van der Waals surface area contributed by atoms with E-state index in [1.54, 1.807) is 13.0 Å². The summed E-state index contributed by atoms with van der Waals surface area (Å²) in [5.74, 6) is 0.449. The minimum Gasteiger partial charge on any atom is -0.493 e. The van der Waals surface area contributed by atoms with E-state index in [-0.39, 0.29) is 17.9 Å². The van der Waals surface area contributed by atoms with Gasteiger partial charge in [0.15, 0.2) is 11.6 Å². The fraction of sp³-hybridized carbons (Fsp3) is 0.355. The van der Waals surface area contributed by atoms with Crippen molar-refractivity contribution in [3.05, 3.63) is 85.0 Å². The van der Waals surface area contributed by atoms with Gasteiger partial charge in [0.05, 0.1) is 13.2 Å². The predicted octanol–water partition coefficient (Wildman–Crippen LogP) is 8.85. The highest BCUT2D eigenvalue weighted by molar-refractivity contribution is 5.71. The molecule has 0 amide bonds. The molecule has 3 aromatic carbocycles. The average molecular weight is 477 g/mol. The van der Waals surface area contributed by atoms with Gasteiger partial charge in [-0.3, -0.25) is 0 Å². The van der Waals surface area contributed by atoms with Crippen molar-refractivity contribution in [2.45, 2.75) is 45.4 Å². The first kappa shape index (κ1) is 25.0. The molecule has 0 atom stereocenters. The highest BCUT2D eigenvalue weighted by atomic mass is 19.2. The summed E-state index contributed by atoms with van der Waals surface area (Å²) in [6.07, 6.45) is 9.49. The normalized spacial score (nSPS) is 17.7. The van der Waals surface area contributed by atoms with E-state index < -0.39 is 11.6 Å². The van der Waals surface area contributed by atoms with Crippen molar-refractivity contribution < 1.29 is 18.3 Å². The van der Waals surface area contributed by atoms with Crippen LogP contribution in [0.3, 0.4) is 0 Å². The van der Waals surface area contributed by atoms with E-state index in [0.29, 0.717) is 11.5 Å². The van der Waals surface area contributed by atoms with Gasteiger partial charge in [0.25, 0.3) is 0 Å². The van der Waals surface area contributed by atoms with Crippen LogP contribution in [0.5, 0.6) is 11.5 Å². The summed E-state index contributed by atoms with van der Waals surface area (Å²) in [6, 6.07) is 18.6. The molecule has 0 bridgehead atoms. The van der Waals surface area contributed by atoms with E-state index in [4.69, 9.17) is 9.47 Å². The zero-order valence-corrected chi connectivity index (χ0v) is 20.4. The number of allylic oxidation sites excluding steroid dienone is 1. The zero-order chi connectivity index (χ0) is 24.6. The van der Waals surface area contributed by atoms with Gasteiger partial charge in [-0.1, -0.05) is 55.3 Å². The Hall–Kier alpha value is -3.14. The minimum absolute atomic E-state index is 0.0659. The first-order chi connectivity index (χ1) is 17.1. The quantitative estimate of drug-likeness (QED) is 0.272. The molecule has 1 saturated carbocycles. The van der Waals surface area contributed by atoms with Crippen molar-refractivity contribution in [3.63, 3.8) is 0 Å². The molecule has 1 aliphatic rings. The smallest absolute Gasteiger partial charge is 0.201 e. The summed E-state index contributed by atoms with van der Waals surface area (Å²) in [7, 11) is 0. The van der Waals surface area contributed by atoms with Crippen LogP contribution in [-0.2, 0) is 0 Å². The zero-order valence-electron chi connectivity index (χ0n) is 20.4. The number of hydrogen-bond donors (Lipinski definition) is 0. The largest absolute Gasteiger partial charge is 0.493 e. The lowest BCUT2D eigenvalue weighted by molar-refractivity contribution is 0.179. The van der Waals surface area contributed by atoms with Crippen molar-refractivity contribution >= 4 is 0 Å².